The third kappa shape index (κ3) is 2.87. The molecule has 1 saturated heterocycles. The van der Waals surface area contributed by atoms with Gasteiger partial charge in [0.15, 0.2) is 5.52 Å². The lowest BCUT2D eigenvalue weighted by atomic mass is 9.97. The molecular formula is C14H20N6O2. The Morgan fingerprint density at radius 2 is 2.27 bits per heavy atom. The van der Waals surface area contributed by atoms with Gasteiger partial charge in [0, 0.05) is 26.7 Å². The SMILES string of the molecule is Cn1cc2ncn(CCN3CCC[C@H](C(N)=O)C3)c(=O)c2n1. The van der Waals surface area contributed by atoms with Crippen LogP contribution in [0, 0.1) is 5.92 Å². The van der Waals surface area contributed by atoms with Crippen molar-refractivity contribution in [3.05, 3.63) is 22.9 Å². The largest absolute Gasteiger partial charge is 0.369 e. The molecule has 3 rings (SSSR count). The van der Waals surface area contributed by atoms with Gasteiger partial charge in [0.05, 0.1) is 18.4 Å². The summed E-state index contributed by atoms with van der Waals surface area (Å²) in [6.07, 6.45) is 5.10. The first kappa shape index (κ1) is 14.7. The number of likely N-dealkylation sites (tertiary alicyclic amines) is 1. The lowest BCUT2D eigenvalue weighted by Crippen LogP contribution is -2.42. The number of rotatable bonds is 4. The van der Waals surface area contributed by atoms with E-state index < -0.39 is 0 Å². The molecule has 2 aromatic heterocycles. The highest BCUT2D eigenvalue weighted by molar-refractivity contribution is 5.77. The van der Waals surface area contributed by atoms with Gasteiger partial charge in [-0.25, -0.2) is 4.98 Å². The lowest BCUT2D eigenvalue weighted by molar-refractivity contribution is -0.123. The third-order valence-electron chi connectivity index (χ3n) is 4.17. The summed E-state index contributed by atoms with van der Waals surface area (Å²) >= 11 is 0. The number of carbonyl (C=O) groups excluding carboxylic acids is 1. The fraction of sp³-hybridized carbons (Fsp3) is 0.571. The van der Waals surface area contributed by atoms with E-state index in [2.05, 4.69) is 15.0 Å². The average Bonchev–Trinajstić information content (AvgIpc) is 2.88. The van der Waals surface area contributed by atoms with E-state index in [4.69, 9.17) is 5.73 Å². The summed E-state index contributed by atoms with van der Waals surface area (Å²) in [5.74, 6) is -0.319. The summed E-state index contributed by atoms with van der Waals surface area (Å²) in [4.78, 5) is 30.1. The van der Waals surface area contributed by atoms with Crippen LogP contribution in [-0.4, -0.2) is 49.8 Å². The molecule has 0 aliphatic carbocycles. The maximum Gasteiger partial charge on any atom is 0.281 e. The Balaban J connectivity index is 1.70. The van der Waals surface area contributed by atoms with Crippen molar-refractivity contribution in [1.82, 2.24) is 24.2 Å². The molecule has 1 atom stereocenters. The van der Waals surface area contributed by atoms with Gasteiger partial charge in [0.1, 0.15) is 5.52 Å². The molecule has 2 aromatic rings. The van der Waals surface area contributed by atoms with Crippen LogP contribution in [0.3, 0.4) is 0 Å². The predicted molar refractivity (Wildman–Crippen MR) is 81.1 cm³/mol. The zero-order chi connectivity index (χ0) is 15.7. The van der Waals surface area contributed by atoms with Gasteiger partial charge in [-0.05, 0) is 19.4 Å². The summed E-state index contributed by atoms with van der Waals surface area (Å²) in [7, 11) is 1.77. The molecule has 3 heterocycles. The molecular weight excluding hydrogens is 284 g/mol. The molecule has 22 heavy (non-hydrogen) atoms. The minimum Gasteiger partial charge on any atom is -0.369 e. The van der Waals surface area contributed by atoms with Crippen LogP contribution >= 0.6 is 0 Å². The van der Waals surface area contributed by atoms with Crippen LogP contribution in [-0.2, 0) is 18.4 Å². The number of nitrogens with two attached hydrogens (primary N) is 1. The van der Waals surface area contributed by atoms with E-state index in [1.165, 1.54) is 0 Å². The number of hydrogen-bond donors (Lipinski definition) is 1. The second-order valence-electron chi connectivity index (χ2n) is 5.82. The minimum absolute atomic E-state index is 0.0816. The Hall–Kier alpha value is -2.22. The fourth-order valence-corrected chi connectivity index (χ4v) is 2.94. The Kier molecular flexibility index (Phi) is 3.93. The Morgan fingerprint density at radius 1 is 1.45 bits per heavy atom. The second kappa shape index (κ2) is 5.88. The maximum atomic E-state index is 12.3. The van der Waals surface area contributed by atoms with Gasteiger partial charge < -0.3 is 10.6 Å². The Bertz CT molecular complexity index is 749. The van der Waals surface area contributed by atoms with E-state index in [1.807, 2.05) is 0 Å². The highest BCUT2D eigenvalue weighted by atomic mass is 16.1. The Labute approximate surface area is 127 Å². The average molecular weight is 304 g/mol. The van der Waals surface area contributed by atoms with Crippen molar-refractivity contribution < 1.29 is 4.79 Å². The van der Waals surface area contributed by atoms with Crippen molar-refractivity contribution in [2.75, 3.05) is 19.6 Å². The van der Waals surface area contributed by atoms with E-state index in [-0.39, 0.29) is 17.4 Å². The first-order valence-electron chi connectivity index (χ1n) is 7.45. The van der Waals surface area contributed by atoms with Crippen molar-refractivity contribution >= 4 is 16.9 Å². The van der Waals surface area contributed by atoms with E-state index in [0.717, 1.165) is 19.4 Å². The minimum atomic E-state index is -0.238. The standard InChI is InChI=1S/C14H20N6O2/c1-18-8-11-12(17-18)14(22)20(9-16-11)6-5-19-4-2-3-10(7-19)13(15)21/h8-10H,2-7H2,1H3,(H2,15,21)/t10-/m0/s1. The van der Waals surface area contributed by atoms with Crippen LogP contribution in [0.4, 0.5) is 0 Å². The quantitative estimate of drug-likeness (QED) is 0.807. The molecule has 2 N–H and O–H groups in total. The van der Waals surface area contributed by atoms with Crippen LogP contribution in [0.2, 0.25) is 0 Å². The smallest absolute Gasteiger partial charge is 0.281 e. The maximum absolute atomic E-state index is 12.3. The van der Waals surface area contributed by atoms with E-state index in [9.17, 15) is 9.59 Å². The highest BCUT2D eigenvalue weighted by Gasteiger charge is 2.23. The molecule has 1 amide bonds. The van der Waals surface area contributed by atoms with E-state index in [1.54, 1.807) is 28.8 Å². The zero-order valence-corrected chi connectivity index (χ0v) is 12.6. The molecule has 0 bridgehead atoms. The number of amides is 1. The van der Waals surface area contributed by atoms with Gasteiger partial charge in [-0.15, -0.1) is 0 Å². The van der Waals surface area contributed by atoms with Gasteiger partial charge in [-0.2, -0.15) is 5.10 Å². The number of aromatic nitrogens is 4. The number of carbonyl (C=O) groups is 1. The first-order chi connectivity index (χ1) is 10.5. The van der Waals surface area contributed by atoms with Crippen LogP contribution < -0.4 is 11.3 Å². The molecule has 118 valence electrons. The van der Waals surface area contributed by atoms with Crippen molar-refractivity contribution in [1.29, 1.82) is 0 Å². The van der Waals surface area contributed by atoms with Gasteiger partial charge in [-0.1, -0.05) is 0 Å². The summed E-state index contributed by atoms with van der Waals surface area (Å²) in [5.41, 5.74) is 6.25. The van der Waals surface area contributed by atoms with Gasteiger partial charge in [0.25, 0.3) is 5.56 Å². The number of primary amides is 1. The predicted octanol–water partition coefficient (Wildman–Crippen LogP) is -0.673. The zero-order valence-electron chi connectivity index (χ0n) is 12.6. The third-order valence-corrected chi connectivity index (χ3v) is 4.17. The molecule has 1 aliphatic rings. The Morgan fingerprint density at radius 3 is 3.05 bits per heavy atom. The molecule has 0 spiro atoms. The first-order valence-corrected chi connectivity index (χ1v) is 7.45. The fourth-order valence-electron chi connectivity index (χ4n) is 2.94. The molecule has 8 nitrogen and oxygen atoms in total. The van der Waals surface area contributed by atoms with Crippen molar-refractivity contribution in [3.8, 4) is 0 Å². The number of fused-ring (bicyclic) bond motifs is 1. The number of nitrogens with zero attached hydrogens (tertiary/aromatic N) is 5. The van der Waals surface area contributed by atoms with Crippen molar-refractivity contribution in [3.63, 3.8) is 0 Å². The van der Waals surface area contributed by atoms with Crippen molar-refractivity contribution in [2.24, 2.45) is 18.7 Å². The number of hydrogen-bond acceptors (Lipinski definition) is 5. The van der Waals surface area contributed by atoms with E-state index >= 15 is 0 Å². The summed E-state index contributed by atoms with van der Waals surface area (Å²) in [6.45, 7) is 2.83. The normalized spacial score (nSPS) is 19.6. The van der Waals surface area contributed by atoms with Crippen molar-refractivity contribution in [2.45, 2.75) is 19.4 Å². The van der Waals surface area contributed by atoms with Gasteiger partial charge >= 0.3 is 0 Å². The van der Waals surface area contributed by atoms with E-state index in [0.29, 0.717) is 30.7 Å². The van der Waals surface area contributed by atoms with Crippen LogP contribution in [0.25, 0.3) is 11.0 Å². The molecule has 0 saturated carbocycles. The molecule has 8 heteroatoms. The summed E-state index contributed by atoms with van der Waals surface area (Å²) in [6, 6.07) is 0. The molecule has 0 aromatic carbocycles. The summed E-state index contributed by atoms with van der Waals surface area (Å²) in [5, 5.41) is 4.15. The highest BCUT2D eigenvalue weighted by Crippen LogP contribution is 2.15. The lowest BCUT2D eigenvalue weighted by Gasteiger charge is -2.31. The van der Waals surface area contributed by atoms with Gasteiger partial charge in [0.2, 0.25) is 5.91 Å². The van der Waals surface area contributed by atoms with Crippen LogP contribution in [0.1, 0.15) is 12.8 Å². The topological polar surface area (TPSA) is 99.0 Å². The summed E-state index contributed by atoms with van der Waals surface area (Å²) < 4.78 is 3.16. The molecule has 1 fully saturated rings. The van der Waals surface area contributed by atoms with Crippen LogP contribution in [0.15, 0.2) is 17.3 Å². The molecule has 0 radical (unpaired) electrons. The second-order valence-corrected chi connectivity index (χ2v) is 5.82. The monoisotopic (exact) mass is 304 g/mol. The number of aryl methyl sites for hydroxylation is 1. The molecule has 0 unspecified atom stereocenters. The number of piperidine rings is 1. The molecule has 1 aliphatic heterocycles. The van der Waals surface area contributed by atoms with Crippen LogP contribution in [0.5, 0.6) is 0 Å². The van der Waals surface area contributed by atoms with Gasteiger partial charge in [-0.3, -0.25) is 18.8 Å².